The Hall–Kier alpha value is -1.65. The normalized spacial score (nSPS) is 10.2. The average Bonchev–Trinajstić information content (AvgIpc) is 2.25. The second-order valence-corrected chi connectivity index (χ2v) is 3.16. The Balaban J connectivity index is 2.56. The standard InChI is InChI=1S/C11H13F2NO2/c1-2-10(15)14-7-8-4-3-5-9(6-8)16-11(12)13/h3-6,11H,2,7H2,1H3,(H,14,15). The van der Waals surface area contributed by atoms with Crippen LogP contribution in [0.25, 0.3) is 0 Å². The van der Waals surface area contributed by atoms with Gasteiger partial charge in [-0.15, -0.1) is 0 Å². The van der Waals surface area contributed by atoms with E-state index in [0.29, 0.717) is 13.0 Å². The van der Waals surface area contributed by atoms with E-state index in [9.17, 15) is 13.6 Å². The van der Waals surface area contributed by atoms with Crippen molar-refractivity contribution in [1.82, 2.24) is 5.32 Å². The number of hydrogen-bond donors (Lipinski definition) is 1. The molecule has 1 aromatic rings. The molecule has 88 valence electrons. The molecule has 1 rings (SSSR count). The molecule has 5 heteroatoms. The van der Waals surface area contributed by atoms with Crippen LogP contribution in [0.1, 0.15) is 18.9 Å². The molecule has 0 heterocycles. The topological polar surface area (TPSA) is 38.3 Å². The fraction of sp³-hybridized carbons (Fsp3) is 0.364. The lowest BCUT2D eigenvalue weighted by Crippen LogP contribution is -2.21. The van der Waals surface area contributed by atoms with Gasteiger partial charge in [0.05, 0.1) is 0 Å². The van der Waals surface area contributed by atoms with Gasteiger partial charge in [0.1, 0.15) is 5.75 Å². The smallest absolute Gasteiger partial charge is 0.387 e. The number of rotatable bonds is 5. The Morgan fingerprint density at radius 2 is 2.25 bits per heavy atom. The van der Waals surface area contributed by atoms with Crippen LogP contribution < -0.4 is 10.1 Å². The van der Waals surface area contributed by atoms with Gasteiger partial charge in [0, 0.05) is 13.0 Å². The summed E-state index contributed by atoms with van der Waals surface area (Å²) >= 11 is 0. The van der Waals surface area contributed by atoms with Gasteiger partial charge in [-0.05, 0) is 17.7 Å². The van der Waals surface area contributed by atoms with Gasteiger partial charge in [-0.25, -0.2) is 0 Å². The number of carbonyl (C=O) groups excluding carboxylic acids is 1. The second-order valence-electron chi connectivity index (χ2n) is 3.16. The van der Waals surface area contributed by atoms with Crippen LogP contribution in [0, 0.1) is 0 Å². The number of halogens is 2. The number of benzene rings is 1. The van der Waals surface area contributed by atoms with E-state index in [0.717, 1.165) is 5.56 Å². The average molecular weight is 229 g/mol. The summed E-state index contributed by atoms with van der Waals surface area (Å²) < 4.78 is 28.1. The van der Waals surface area contributed by atoms with Crippen molar-refractivity contribution in [2.75, 3.05) is 0 Å². The SMILES string of the molecule is CCC(=O)NCc1cccc(OC(F)F)c1. The zero-order chi connectivity index (χ0) is 12.0. The van der Waals surface area contributed by atoms with Gasteiger partial charge in [0.15, 0.2) is 0 Å². The Labute approximate surface area is 92.4 Å². The van der Waals surface area contributed by atoms with Crippen molar-refractivity contribution in [3.8, 4) is 5.75 Å². The van der Waals surface area contributed by atoms with Crippen molar-refractivity contribution in [3.05, 3.63) is 29.8 Å². The lowest BCUT2D eigenvalue weighted by Gasteiger charge is -2.07. The third-order valence-electron chi connectivity index (χ3n) is 1.93. The van der Waals surface area contributed by atoms with E-state index in [1.807, 2.05) is 0 Å². The number of hydrogen-bond acceptors (Lipinski definition) is 2. The summed E-state index contributed by atoms with van der Waals surface area (Å²) in [6, 6.07) is 6.25. The zero-order valence-corrected chi connectivity index (χ0v) is 8.87. The minimum absolute atomic E-state index is 0.0832. The van der Waals surface area contributed by atoms with Crippen molar-refractivity contribution in [1.29, 1.82) is 0 Å². The molecule has 0 bridgehead atoms. The highest BCUT2D eigenvalue weighted by atomic mass is 19.3. The quantitative estimate of drug-likeness (QED) is 0.841. The maximum Gasteiger partial charge on any atom is 0.387 e. The largest absolute Gasteiger partial charge is 0.435 e. The van der Waals surface area contributed by atoms with E-state index >= 15 is 0 Å². The van der Waals surface area contributed by atoms with Crippen LogP contribution in [-0.4, -0.2) is 12.5 Å². The van der Waals surface area contributed by atoms with E-state index in [2.05, 4.69) is 10.1 Å². The van der Waals surface area contributed by atoms with Crippen molar-refractivity contribution >= 4 is 5.91 Å². The van der Waals surface area contributed by atoms with Crippen LogP contribution >= 0.6 is 0 Å². The van der Waals surface area contributed by atoms with Crippen LogP contribution in [0.4, 0.5) is 8.78 Å². The molecule has 0 aliphatic rings. The third kappa shape index (κ3) is 4.25. The van der Waals surface area contributed by atoms with E-state index in [-0.39, 0.29) is 11.7 Å². The third-order valence-corrected chi connectivity index (χ3v) is 1.93. The number of carbonyl (C=O) groups is 1. The summed E-state index contributed by atoms with van der Waals surface area (Å²) in [5, 5.41) is 2.65. The molecule has 16 heavy (non-hydrogen) atoms. The first kappa shape index (κ1) is 12.4. The van der Waals surface area contributed by atoms with Crippen LogP contribution in [0.3, 0.4) is 0 Å². The van der Waals surface area contributed by atoms with E-state index < -0.39 is 6.61 Å². The van der Waals surface area contributed by atoms with Crippen LogP contribution in [0.5, 0.6) is 5.75 Å². The number of nitrogens with one attached hydrogen (secondary N) is 1. The molecule has 0 aromatic heterocycles. The molecule has 1 amide bonds. The maximum absolute atomic E-state index is 11.9. The first-order chi connectivity index (χ1) is 7.61. The summed E-state index contributed by atoms with van der Waals surface area (Å²) in [5.74, 6) is 0.0124. The van der Waals surface area contributed by atoms with Gasteiger partial charge in [-0.1, -0.05) is 19.1 Å². The van der Waals surface area contributed by atoms with Gasteiger partial charge in [0.2, 0.25) is 5.91 Å². The monoisotopic (exact) mass is 229 g/mol. The molecule has 0 fully saturated rings. The molecule has 0 aliphatic heterocycles. The first-order valence-corrected chi connectivity index (χ1v) is 4.92. The Morgan fingerprint density at radius 1 is 1.50 bits per heavy atom. The van der Waals surface area contributed by atoms with E-state index in [1.165, 1.54) is 12.1 Å². The van der Waals surface area contributed by atoms with Gasteiger partial charge in [-0.2, -0.15) is 8.78 Å². The fourth-order valence-corrected chi connectivity index (χ4v) is 1.16. The van der Waals surface area contributed by atoms with Crippen molar-refractivity contribution in [2.24, 2.45) is 0 Å². The highest BCUT2D eigenvalue weighted by molar-refractivity contribution is 5.75. The summed E-state index contributed by atoms with van der Waals surface area (Å²) in [4.78, 5) is 11.0. The molecular weight excluding hydrogens is 216 g/mol. The second kappa shape index (κ2) is 6.05. The number of alkyl halides is 2. The van der Waals surface area contributed by atoms with Gasteiger partial charge in [-0.3, -0.25) is 4.79 Å². The molecule has 0 atom stereocenters. The number of amides is 1. The molecule has 0 saturated carbocycles. The maximum atomic E-state index is 11.9. The molecule has 0 radical (unpaired) electrons. The van der Waals surface area contributed by atoms with E-state index in [1.54, 1.807) is 19.1 Å². The minimum atomic E-state index is -2.83. The van der Waals surface area contributed by atoms with Gasteiger partial charge >= 0.3 is 6.61 Å². The molecule has 3 nitrogen and oxygen atoms in total. The van der Waals surface area contributed by atoms with Gasteiger partial charge in [0.25, 0.3) is 0 Å². The summed E-state index contributed by atoms with van der Waals surface area (Å²) in [7, 11) is 0. The van der Waals surface area contributed by atoms with Crippen molar-refractivity contribution in [3.63, 3.8) is 0 Å². The predicted molar refractivity (Wildman–Crippen MR) is 55.2 cm³/mol. The summed E-state index contributed by atoms with van der Waals surface area (Å²) in [6.07, 6.45) is 0.396. The highest BCUT2D eigenvalue weighted by Gasteiger charge is 2.04. The van der Waals surface area contributed by atoms with E-state index in [4.69, 9.17) is 0 Å². The van der Waals surface area contributed by atoms with Crippen molar-refractivity contribution < 1.29 is 18.3 Å². The summed E-state index contributed by atoms with van der Waals surface area (Å²) in [6.45, 7) is -0.779. The van der Waals surface area contributed by atoms with Gasteiger partial charge < -0.3 is 10.1 Å². The Bertz CT molecular complexity index is 356. The number of ether oxygens (including phenoxy) is 1. The molecule has 0 unspecified atom stereocenters. The van der Waals surface area contributed by atoms with Crippen LogP contribution in [-0.2, 0) is 11.3 Å². The lowest BCUT2D eigenvalue weighted by atomic mass is 10.2. The first-order valence-electron chi connectivity index (χ1n) is 4.92. The Morgan fingerprint density at radius 3 is 2.88 bits per heavy atom. The van der Waals surface area contributed by atoms with Crippen LogP contribution in [0.2, 0.25) is 0 Å². The zero-order valence-electron chi connectivity index (χ0n) is 8.87. The molecular formula is C11H13F2NO2. The molecule has 0 spiro atoms. The molecule has 0 saturated heterocycles. The lowest BCUT2D eigenvalue weighted by molar-refractivity contribution is -0.120. The molecule has 0 aliphatic carbocycles. The van der Waals surface area contributed by atoms with Crippen LogP contribution in [0.15, 0.2) is 24.3 Å². The highest BCUT2D eigenvalue weighted by Crippen LogP contribution is 2.15. The van der Waals surface area contributed by atoms with Crippen molar-refractivity contribution in [2.45, 2.75) is 26.5 Å². The fourth-order valence-electron chi connectivity index (χ4n) is 1.16. The summed E-state index contributed by atoms with van der Waals surface area (Å²) in [5.41, 5.74) is 0.722. The minimum Gasteiger partial charge on any atom is -0.435 e. The molecule has 1 aromatic carbocycles. The Kier molecular flexibility index (Phi) is 4.69. The molecule has 1 N–H and O–H groups in total. The predicted octanol–water partition coefficient (Wildman–Crippen LogP) is 2.31.